The number of ether oxygens (including phenoxy) is 2. The van der Waals surface area contributed by atoms with Gasteiger partial charge in [0.25, 0.3) is 5.91 Å². The van der Waals surface area contributed by atoms with Crippen molar-refractivity contribution in [2.45, 2.75) is 13.3 Å². The Morgan fingerprint density at radius 3 is 3.04 bits per heavy atom. The first-order chi connectivity index (χ1) is 11.1. The number of anilines is 1. The third kappa shape index (κ3) is 3.82. The zero-order valence-electron chi connectivity index (χ0n) is 12.8. The summed E-state index contributed by atoms with van der Waals surface area (Å²) < 4.78 is 11.8. The van der Waals surface area contributed by atoms with Crippen LogP contribution in [0, 0.1) is 6.92 Å². The van der Waals surface area contributed by atoms with E-state index in [2.05, 4.69) is 20.9 Å². The van der Waals surface area contributed by atoms with Gasteiger partial charge in [-0.3, -0.25) is 9.69 Å². The number of benzene rings is 1. The van der Waals surface area contributed by atoms with Crippen LogP contribution in [0.3, 0.4) is 0 Å². The van der Waals surface area contributed by atoms with Crippen molar-refractivity contribution in [2.24, 2.45) is 0 Å². The molecule has 0 fully saturated rings. The smallest absolute Gasteiger partial charge is 0.266 e. The number of amides is 1. The summed E-state index contributed by atoms with van der Waals surface area (Å²) >= 11 is 3.33. The lowest BCUT2D eigenvalue weighted by atomic mass is 10.2. The second-order valence-corrected chi connectivity index (χ2v) is 6.12. The molecule has 120 valence electrons. The van der Waals surface area contributed by atoms with Crippen LogP contribution in [0.25, 0.3) is 0 Å². The van der Waals surface area contributed by atoms with E-state index in [-0.39, 0.29) is 12.5 Å². The zero-order valence-corrected chi connectivity index (χ0v) is 14.4. The van der Waals surface area contributed by atoms with E-state index in [1.54, 1.807) is 11.0 Å². The summed E-state index contributed by atoms with van der Waals surface area (Å²) in [4.78, 5) is 18.1. The normalized spacial score (nSPS) is 13.5. The Morgan fingerprint density at radius 1 is 1.35 bits per heavy atom. The Morgan fingerprint density at radius 2 is 2.22 bits per heavy atom. The van der Waals surface area contributed by atoms with Crippen molar-refractivity contribution in [1.82, 2.24) is 4.98 Å². The van der Waals surface area contributed by atoms with Crippen molar-refractivity contribution < 1.29 is 14.3 Å². The zero-order chi connectivity index (χ0) is 16.2. The van der Waals surface area contributed by atoms with Gasteiger partial charge in [0.15, 0.2) is 18.2 Å². The molecule has 1 amide bonds. The van der Waals surface area contributed by atoms with Gasteiger partial charge >= 0.3 is 0 Å². The van der Waals surface area contributed by atoms with Gasteiger partial charge in [-0.1, -0.05) is 12.1 Å². The molecule has 0 spiro atoms. The van der Waals surface area contributed by atoms with Crippen LogP contribution in [0.15, 0.2) is 41.0 Å². The van der Waals surface area contributed by atoms with Crippen LogP contribution in [0.1, 0.15) is 12.0 Å². The first kappa shape index (κ1) is 15.8. The third-order valence-electron chi connectivity index (χ3n) is 3.50. The number of nitrogens with zero attached hydrogens (tertiary/aromatic N) is 2. The largest absolute Gasteiger partial charge is 0.494 e. The summed E-state index contributed by atoms with van der Waals surface area (Å²) in [6, 6.07) is 11.5. The van der Waals surface area contributed by atoms with Crippen LogP contribution >= 0.6 is 15.9 Å². The van der Waals surface area contributed by atoms with Gasteiger partial charge in [-0.25, -0.2) is 4.98 Å². The molecule has 2 aromatic rings. The minimum Gasteiger partial charge on any atom is -0.494 e. The monoisotopic (exact) mass is 376 g/mol. The van der Waals surface area contributed by atoms with Gasteiger partial charge in [0.1, 0.15) is 10.4 Å². The molecule has 1 aliphatic rings. The summed E-state index contributed by atoms with van der Waals surface area (Å²) in [6.07, 6.45) is 0.716. The van der Waals surface area contributed by atoms with Gasteiger partial charge in [-0.05, 0) is 59.1 Å². The standard InChI is InChI=1S/C17H17BrN2O3/c1-12-4-2-5-13(10-12)22-9-3-8-20-16(21)11-23-14-6-7-15(18)19-17(14)20/h2,4-7,10H,3,8-9,11H2,1H3. The van der Waals surface area contributed by atoms with Crippen LogP contribution < -0.4 is 14.4 Å². The van der Waals surface area contributed by atoms with Gasteiger partial charge in [0.2, 0.25) is 0 Å². The maximum absolute atomic E-state index is 12.1. The van der Waals surface area contributed by atoms with Gasteiger partial charge in [0.05, 0.1) is 6.61 Å². The molecular formula is C17H17BrN2O3. The average molecular weight is 377 g/mol. The molecule has 0 unspecified atom stereocenters. The summed E-state index contributed by atoms with van der Waals surface area (Å²) in [7, 11) is 0. The molecule has 0 aliphatic carbocycles. The maximum atomic E-state index is 12.1. The number of halogens is 1. The molecule has 1 aromatic heterocycles. The molecule has 2 heterocycles. The van der Waals surface area contributed by atoms with Crippen molar-refractivity contribution in [3.8, 4) is 11.5 Å². The predicted molar refractivity (Wildman–Crippen MR) is 91.1 cm³/mol. The van der Waals surface area contributed by atoms with Crippen LogP contribution in [-0.2, 0) is 4.79 Å². The Bertz CT molecular complexity index is 721. The maximum Gasteiger partial charge on any atom is 0.266 e. The lowest BCUT2D eigenvalue weighted by molar-refractivity contribution is -0.121. The number of fused-ring (bicyclic) bond motifs is 1. The number of rotatable bonds is 5. The van der Waals surface area contributed by atoms with E-state index in [0.717, 1.165) is 11.3 Å². The highest BCUT2D eigenvalue weighted by Gasteiger charge is 2.26. The van der Waals surface area contributed by atoms with Crippen LogP contribution in [-0.4, -0.2) is 30.6 Å². The van der Waals surface area contributed by atoms with E-state index >= 15 is 0 Å². The highest BCUT2D eigenvalue weighted by molar-refractivity contribution is 9.10. The van der Waals surface area contributed by atoms with Crippen molar-refractivity contribution in [3.05, 3.63) is 46.6 Å². The van der Waals surface area contributed by atoms with Crippen LogP contribution in [0.2, 0.25) is 0 Å². The molecule has 1 aromatic carbocycles. The third-order valence-corrected chi connectivity index (χ3v) is 3.94. The minimum absolute atomic E-state index is 0.0506. The second kappa shape index (κ2) is 7.00. The number of pyridine rings is 1. The van der Waals surface area contributed by atoms with E-state index in [4.69, 9.17) is 9.47 Å². The SMILES string of the molecule is Cc1cccc(OCCCN2C(=O)COc3ccc(Br)nc32)c1. The van der Waals surface area contributed by atoms with Crippen molar-refractivity contribution in [1.29, 1.82) is 0 Å². The van der Waals surface area contributed by atoms with Crippen LogP contribution in [0.4, 0.5) is 5.82 Å². The Hall–Kier alpha value is -2.08. The molecule has 1 aliphatic heterocycles. The van der Waals surface area contributed by atoms with E-state index < -0.39 is 0 Å². The van der Waals surface area contributed by atoms with Gasteiger partial charge in [-0.2, -0.15) is 0 Å². The van der Waals surface area contributed by atoms with Gasteiger partial charge in [-0.15, -0.1) is 0 Å². The number of hydrogen-bond acceptors (Lipinski definition) is 4. The number of carbonyl (C=O) groups excluding carboxylic acids is 1. The van der Waals surface area contributed by atoms with E-state index in [1.807, 2.05) is 37.3 Å². The predicted octanol–water partition coefficient (Wildman–Crippen LogP) is 3.35. The molecule has 0 N–H and O–H groups in total. The highest BCUT2D eigenvalue weighted by atomic mass is 79.9. The Balaban J connectivity index is 1.60. The number of aromatic nitrogens is 1. The molecular weight excluding hydrogens is 360 g/mol. The summed E-state index contributed by atoms with van der Waals surface area (Å²) in [6.45, 7) is 3.16. The molecule has 0 bridgehead atoms. The minimum atomic E-state index is -0.0846. The molecule has 0 atom stereocenters. The fraction of sp³-hybridized carbons (Fsp3) is 0.294. The summed E-state index contributed by atoms with van der Waals surface area (Å²) in [5.41, 5.74) is 1.16. The first-order valence-corrected chi connectivity index (χ1v) is 8.22. The molecule has 5 nitrogen and oxygen atoms in total. The van der Waals surface area contributed by atoms with Crippen molar-refractivity contribution in [2.75, 3.05) is 24.7 Å². The molecule has 6 heteroatoms. The lowest BCUT2D eigenvalue weighted by Gasteiger charge is -2.28. The van der Waals surface area contributed by atoms with Gasteiger partial charge < -0.3 is 9.47 Å². The Labute approximate surface area is 143 Å². The van der Waals surface area contributed by atoms with Crippen molar-refractivity contribution >= 4 is 27.7 Å². The van der Waals surface area contributed by atoms with Crippen LogP contribution in [0.5, 0.6) is 11.5 Å². The molecule has 0 radical (unpaired) electrons. The van der Waals surface area contributed by atoms with E-state index in [0.29, 0.717) is 35.7 Å². The number of aryl methyl sites for hydroxylation is 1. The molecule has 3 rings (SSSR count). The quantitative estimate of drug-likeness (QED) is 0.593. The lowest BCUT2D eigenvalue weighted by Crippen LogP contribution is -2.40. The average Bonchev–Trinajstić information content (AvgIpc) is 2.53. The Kier molecular flexibility index (Phi) is 4.81. The summed E-state index contributed by atoms with van der Waals surface area (Å²) in [5, 5.41) is 0. The second-order valence-electron chi connectivity index (χ2n) is 5.31. The highest BCUT2D eigenvalue weighted by Crippen LogP contribution is 2.31. The fourth-order valence-corrected chi connectivity index (χ4v) is 2.70. The number of hydrogen-bond donors (Lipinski definition) is 0. The van der Waals surface area contributed by atoms with Gasteiger partial charge in [0, 0.05) is 6.54 Å². The molecule has 23 heavy (non-hydrogen) atoms. The number of carbonyl (C=O) groups is 1. The molecule has 0 saturated carbocycles. The van der Waals surface area contributed by atoms with Crippen molar-refractivity contribution in [3.63, 3.8) is 0 Å². The van der Waals surface area contributed by atoms with E-state index in [9.17, 15) is 4.79 Å². The summed E-state index contributed by atoms with van der Waals surface area (Å²) in [5.74, 6) is 1.96. The molecule has 0 saturated heterocycles. The first-order valence-electron chi connectivity index (χ1n) is 7.42. The topological polar surface area (TPSA) is 51.7 Å². The van der Waals surface area contributed by atoms with E-state index in [1.165, 1.54) is 0 Å². The fourth-order valence-electron chi connectivity index (χ4n) is 2.40.